The van der Waals surface area contributed by atoms with E-state index in [0.717, 1.165) is 23.2 Å². The van der Waals surface area contributed by atoms with E-state index >= 15 is 0 Å². The number of nitrogens with one attached hydrogen (secondary N) is 1. The minimum absolute atomic E-state index is 0.0670. The molecule has 1 aliphatic heterocycles. The fourth-order valence-electron chi connectivity index (χ4n) is 3.39. The van der Waals surface area contributed by atoms with Crippen molar-refractivity contribution >= 4 is 38.9 Å². The topological polar surface area (TPSA) is 115 Å². The maximum absolute atomic E-state index is 13.0. The molecule has 1 saturated heterocycles. The minimum atomic E-state index is -0.482. The Morgan fingerprint density at radius 2 is 2.00 bits per heavy atom. The Morgan fingerprint density at radius 1 is 1.23 bits per heavy atom. The first-order chi connectivity index (χ1) is 14.9. The average Bonchev–Trinajstić information content (AvgIpc) is 3.16. The zero-order valence-electron chi connectivity index (χ0n) is 16.6. The van der Waals surface area contributed by atoms with Gasteiger partial charge in [0.25, 0.3) is 11.6 Å². The number of morpholine rings is 1. The Labute approximate surface area is 186 Å². The lowest BCUT2D eigenvalue weighted by atomic mass is 10.2. The number of anilines is 2. The normalized spacial score (nSPS) is 13.8. The van der Waals surface area contributed by atoms with Gasteiger partial charge in [-0.05, 0) is 31.2 Å². The van der Waals surface area contributed by atoms with E-state index in [-0.39, 0.29) is 11.4 Å². The summed E-state index contributed by atoms with van der Waals surface area (Å²) in [6, 6.07) is 11.7. The van der Waals surface area contributed by atoms with Crippen molar-refractivity contribution in [2.45, 2.75) is 6.92 Å². The molecule has 1 N–H and O–H groups in total. The van der Waals surface area contributed by atoms with Crippen molar-refractivity contribution in [3.05, 3.63) is 68.4 Å². The van der Waals surface area contributed by atoms with Crippen LogP contribution in [0.3, 0.4) is 0 Å². The zero-order valence-corrected chi connectivity index (χ0v) is 18.2. The molecule has 2 aromatic carbocycles. The summed E-state index contributed by atoms with van der Waals surface area (Å²) in [6.07, 6.45) is 0. The second kappa shape index (κ2) is 8.82. The van der Waals surface area contributed by atoms with Gasteiger partial charge in [0.15, 0.2) is 5.69 Å². The number of hydrogen-bond acceptors (Lipinski definition) is 7. The molecule has 160 valence electrons. The van der Waals surface area contributed by atoms with E-state index in [1.807, 2.05) is 18.2 Å². The van der Waals surface area contributed by atoms with Crippen LogP contribution in [0.5, 0.6) is 0 Å². The molecule has 1 aromatic heterocycles. The Morgan fingerprint density at radius 3 is 2.74 bits per heavy atom. The van der Waals surface area contributed by atoms with Crippen LogP contribution in [-0.4, -0.2) is 52.1 Å². The van der Waals surface area contributed by atoms with E-state index in [2.05, 4.69) is 36.5 Å². The Hall–Kier alpha value is -3.31. The monoisotopic (exact) mass is 486 g/mol. The number of benzene rings is 2. The highest BCUT2D eigenvalue weighted by Gasteiger charge is 2.21. The summed E-state index contributed by atoms with van der Waals surface area (Å²) >= 11 is 3.45. The van der Waals surface area contributed by atoms with E-state index < -0.39 is 10.8 Å². The van der Waals surface area contributed by atoms with Gasteiger partial charge >= 0.3 is 0 Å². The maximum atomic E-state index is 13.0. The number of non-ortho nitro benzene ring substituents is 1. The van der Waals surface area contributed by atoms with Crippen molar-refractivity contribution in [2.75, 3.05) is 36.5 Å². The maximum Gasteiger partial charge on any atom is 0.278 e. The Kier molecular flexibility index (Phi) is 5.96. The standard InChI is InChI=1S/C20H19BrN6O4/c1-13-19(23-24-26(13)15-3-2-4-16(12-15)27(29)30)20(28)22-17-11-14(21)5-6-18(17)25-7-9-31-10-8-25/h2-6,11-12H,7-10H2,1H3,(H,22,28). The molecular formula is C20H19BrN6O4. The molecule has 0 saturated carbocycles. The Balaban J connectivity index is 1.61. The van der Waals surface area contributed by atoms with Crippen LogP contribution in [-0.2, 0) is 4.74 Å². The number of nitrogens with zero attached hydrogens (tertiary/aromatic N) is 5. The highest BCUT2D eigenvalue weighted by atomic mass is 79.9. The second-order valence-electron chi connectivity index (χ2n) is 6.93. The average molecular weight is 487 g/mol. The van der Waals surface area contributed by atoms with Crippen LogP contribution in [0, 0.1) is 17.0 Å². The van der Waals surface area contributed by atoms with E-state index in [0.29, 0.717) is 30.3 Å². The van der Waals surface area contributed by atoms with E-state index in [4.69, 9.17) is 4.74 Å². The SMILES string of the molecule is Cc1c(C(=O)Nc2cc(Br)ccc2N2CCOCC2)nnn1-c1cccc([N+](=O)[O-])c1. The molecule has 0 bridgehead atoms. The molecule has 11 heteroatoms. The summed E-state index contributed by atoms with van der Waals surface area (Å²) in [7, 11) is 0. The molecule has 10 nitrogen and oxygen atoms in total. The van der Waals surface area contributed by atoms with Crippen molar-refractivity contribution in [1.29, 1.82) is 0 Å². The van der Waals surface area contributed by atoms with Crippen LogP contribution in [0.25, 0.3) is 5.69 Å². The van der Waals surface area contributed by atoms with Gasteiger partial charge in [0.2, 0.25) is 0 Å². The first-order valence-electron chi connectivity index (χ1n) is 9.55. The third-order valence-electron chi connectivity index (χ3n) is 4.95. The summed E-state index contributed by atoms with van der Waals surface area (Å²) in [6.45, 7) is 4.40. The molecule has 3 aromatic rings. The fraction of sp³-hybridized carbons (Fsp3) is 0.250. The van der Waals surface area contributed by atoms with Gasteiger partial charge in [0.1, 0.15) is 0 Å². The molecule has 1 amide bonds. The van der Waals surface area contributed by atoms with Gasteiger partial charge in [0, 0.05) is 29.7 Å². The molecule has 2 heterocycles. The second-order valence-corrected chi connectivity index (χ2v) is 7.84. The molecule has 0 spiro atoms. The largest absolute Gasteiger partial charge is 0.378 e. The number of hydrogen-bond donors (Lipinski definition) is 1. The van der Waals surface area contributed by atoms with Crippen molar-refractivity contribution in [2.24, 2.45) is 0 Å². The summed E-state index contributed by atoms with van der Waals surface area (Å²) in [5, 5.41) is 22.0. The van der Waals surface area contributed by atoms with Gasteiger partial charge in [-0.1, -0.05) is 27.2 Å². The summed E-state index contributed by atoms with van der Waals surface area (Å²) in [4.78, 5) is 25.7. The van der Waals surface area contributed by atoms with Crippen molar-refractivity contribution in [3.8, 4) is 5.69 Å². The lowest BCUT2D eigenvalue weighted by Gasteiger charge is -2.30. The van der Waals surface area contributed by atoms with Crippen molar-refractivity contribution in [1.82, 2.24) is 15.0 Å². The summed E-state index contributed by atoms with van der Waals surface area (Å²) < 4.78 is 7.66. The predicted octanol–water partition coefficient (Wildman–Crippen LogP) is 3.34. The molecule has 1 fully saturated rings. The zero-order chi connectivity index (χ0) is 22.0. The van der Waals surface area contributed by atoms with Gasteiger partial charge in [-0.3, -0.25) is 14.9 Å². The number of carbonyl (C=O) groups is 1. The number of carbonyl (C=O) groups excluding carboxylic acids is 1. The van der Waals surface area contributed by atoms with E-state index in [9.17, 15) is 14.9 Å². The smallest absolute Gasteiger partial charge is 0.278 e. The van der Waals surface area contributed by atoms with Crippen LogP contribution in [0.1, 0.15) is 16.2 Å². The van der Waals surface area contributed by atoms with E-state index in [1.165, 1.54) is 16.8 Å². The predicted molar refractivity (Wildman–Crippen MR) is 118 cm³/mol. The third kappa shape index (κ3) is 4.42. The first kappa shape index (κ1) is 20.9. The van der Waals surface area contributed by atoms with Crippen LogP contribution in [0.4, 0.5) is 17.1 Å². The van der Waals surface area contributed by atoms with Crippen LogP contribution >= 0.6 is 15.9 Å². The van der Waals surface area contributed by atoms with Crippen molar-refractivity contribution < 1.29 is 14.5 Å². The number of aromatic nitrogens is 3. The highest BCUT2D eigenvalue weighted by molar-refractivity contribution is 9.10. The van der Waals surface area contributed by atoms with Gasteiger partial charge in [-0.25, -0.2) is 4.68 Å². The fourth-order valence-corrected chi connectivity index (χ4v) is 3.75. The molecule has 0 radical (unpaired) electrons. The number of nitro groups is 1. The summed E-state index contributed by atoms with van der Waals surface area (Å²) in [5.74, 6) is -0.415. The number of ether oxygens (including phenoxy) is 1. The number of nitro benzene ring substituents is 1. The first-order valence-corrected chi connectivity index (χ1v) is 10.3. The molecule has 1 aliphatic rings. The molecule has 0 unspecified atom stereocenters. The van der Waals surface area contributed by atoms with Gasteiger partial charge in [0.05, 0.1) is 40.9 Å². The highest BCUT2D eigenvalue weighted by Crippen LogP contribution is 2.30. The lowest BCUT2D eigenvalue weighted by Crippen LogP contribution is -2.36. The molecule has 31 heavy (non-hydrogen) atoms. The molecule has 0 aliphatic carbocycles. The Bertz CT molecular complexity index is 1140. The number of rotatable bonds is 5. The molecule has 4 rings (SSSR count). The van der Waals surface area contributed by atoms with Crippen LogP contribution in [0.15, 0.2) is 46.9 Å². The van der Waals surface area contributed by atoms with Gasteiger partial charge in [-0.15, -0.1) is 5.10 Å². The third-order valence-corrected chi connectivity index (χ3v) is 5.45. The van der Waals surface area contributed by atoms with Gasteiger partial charge in [-0.2, -0.15) is 0 Å². The van der Waals surface area contributed by atoms with Crippen LogP contribution in [0.2, 0.25) is 0 Å². The minimum Gasteiger partial charge on any atom is -0.378 e. The summed E-state index contributed by atoms with van der Waals surface area (Å²) in [5.41, 5.74) is 2.53. The lowest BCUT2D eigenvalue weighted by molar-refractivity contribution is -0.384. The van der Waals surface area contributed by atoms with Gasteiger partial charge < -0.3 is 15.0 Å². The van der Waals surface area contributed by atoms with Crippen LogP contribution < -0.4 is 10.2 Å². The quantitative estimate of drug-likeness (QED) is 0.434. The van der Waals surface area contributed by atoms with E-state index in [1.54, 1.807) is 19.1 Å². The molecular weight excluding hydrogens is 468 g/mol. The number of halogens is 1. The van der Waals surface area contributed by atoms with Crippen molar-refractivity contribution in [3.63, 3.8) is 0 Å². The number of amides is 1. The molecule has 0 atom stereocenters.